The van der Waals surface area contributed by atoms with Crippen LogP contribution < -0.4 is 4.74 Å². The van der Waals surface area contributed by atoms with E-state index in [1.807, 2.05) is 47.1 Å². The van der Waals surface area contributed by atoms with Gasteiger partial charge in [0.1, 0.15) is 23.9 Å². The van der Waals surface area contributed by atoms with Crippen LogP contribution in [0.5, 0.6) is 5.75 Å². The van der Waals surface area contributed by atoms with E-state index in [1.54, 1.807) is 13.3 Å². The van der Waals surface area contributed by atoms with E-state index in [1.165, 1.54) is 17.4 Å². The third-order valence-corrected chi connectivity index (χ3v) is 3.78. The highest BCUT2D eigenvalue weighted by molar-refractivity contribution is 5.80. The number of methoxy groups -OCH3 is 1. The number of rotatable bonds is 5. The van der Waals surface area contributed by atoms with E-state index in [0.717, 1.165) is 27.9 Å². The molecule has 0 aliphatic rings. The quantitative estimate of drug-likeness (QED) is 0.521. The van der Waals surface area contributed by atoms with Gasteiger partial charge in [0.15, 0.2) is 0 Å². The van der Waals surface area contributed by atoms with Crippen molar-refractivity contribution in [2.24, 2.45) is 5.10 Å². The molecule has 2 heterocycles. The van der Waals surface area contributed by atoms with Gasteiger partial charge in [0.25, 0.3) is 0 Å². The Balaban J connectivity index is 1.66. The number of hydrogen-bond donors (Lipinski definition) is 0. The Hall–Kier alpha value is -3.55. The summed E-state index contributed by atoms with van der Waals surface area (Å²) in [5.41, 5.74) is 3.76. The highest BCUT2D eigenvalue weighted by atomic mass is 16.5. The predicted octanol–water partition coefficient (Wildman–Crippen LogP) is 1.96. The summed E-state index contributed by atoms with van der Waals surface area (Å²) < 4.78 is 7.33. The lowest BCUT2D eigenvalue weighted by Crippen LogP contribution is -2.04. The SMILES string of the molecule is COc1ccc(/C=N/n2cncn2)cc1Cn1nnc2ccccc21. The second kappa shape index (κ2) is 6.52. The van der Waals surface area contributed by atoms with Gasteiger partial charge in [0.05, 0.1) is 25.4 Å². The van der Waals surface area contributed by atoms with E-state index in [4.69, 9.17) is 4.74 Å². The van der Waals surface area contributed by atoms with Crippen LogP contribution in [0.25, 0.3) is 11.0 Å². The van der Waals surface area contributed by atoms with E-state index in [9.17, 15) is 0 Å². The number of para-hydroxylation sites is 1. The number of ether oxygens (including phenoxy) is 1. The first kappa shape index (κ1) is 15.0. The van der Waals surface area contributed by atoms with Gasteiger partial charge in [-0.15, -0.1) is 15.0 Å². The predicted molar refractivity (Wildman–Crippen MR) is 92.6 cm³/mol. The zero-order valence-electron chi connectivity index (χ0n) is 13.5. The van der Waals surface area contributed by atoms with Crippen molar-refractivity contribution in [2.75, 3.05) is 7.11 Å². The van der Waals surface area contributed by atoms with Crippen LogP contribution in [0.15, 0.2) is 60.2 Å². The summed E-state index contributed by atoms with van der Waals surface area (Å²) in [6.07, 6.45) is 4.69. The van der Waals surface area contributed by atoms with Crippen molar-refractivity contribution in [1.29, 1.82) is 0 Å². The van der Waals surface area contributed by atoms with Crippen molar-refractivity contribution in [3.05, 3.63) is 66.2 Å². The van der Waals surface area contributed by atoms with E-state index < -0.39 is 0 Å². The van der Waals surface area contributed by atoms with Gasteiger partial charge in [0, 0.05) is 5.56 Å². The van der Waals surface area contributed by atoms with Gasteiger partial charge in [-0.05, 0) is 35.9 Å². The van der Waals surface area contributed by atoms with Crippen molar-refractivity contribution in [2.45, 2.75) is 6.54 Å². The molecule has 2 aromatic heterocycles. The number of fused-ring (bicyclic) bond motifs is 1. The molecule has 2 aromatic carbocycles. The normalized spacial score (nSPS) is 11.4. The molecule has 124 valence electrons. The molecule has 25 heavy (non-hydrogen) atoms. The van der Waals surface area contributed by atoms with Crippen molar-refractivity contribution >= 4 is 17.2 Å². The van der Waals surface area contributed by atoms with E-state index >= 15 is 0 Å². The summed E-state index contributed by atoms with van der Waals surface area (Å²) in [4.78, 5) is 5.26. The molecule has 0 aliphatic heterocycles. The van der Waals surface area contributed by atoms with Crippen LogP contribution in [0.3, 0.4) is 0 Å². The Bertz CT molecular complexity index is 1020. The number of hydrogen-bond acceptors (Lipinski definition) is 6. The summed E-state index contributed by atoms with van der Waals surface area (Å²) in [7, 11) is 1.65. The molecule has 0 fully saturated rings. The fraction of sp³-hybridized carbons (Fsp3) is 0.118. The zero-order chi connectivity index (χ0) is 17.1. The standard InChI is InChI=1S/C17H15N7O/c1-25-17-7-6-13(9-19-24-12-18-11-20-24)8-14(17)10-23-16-5-3-2-4-15(16)21-22-23/h2-9,11-12H,10H2,1H3/b19-9+. The number of nitrogens with zero attached hydrogens (tertiary/aromatic N) is 7. The highest BCUT2D eigenvalue weighted by Crippen LogP contribution is 2.22. The summed E-state index contributed by atoms with van der Waals surface area (Å²) >= 11 is 0. The molecule has 0 N–H and O–H groups in total. The highest BCUT2D eigenvalue weighted by Gasteiger charge is 2.09. The van der Waals surface area contributed by atoms with E-state index in [2.05, 4.69) is 25.5 Å². The van der Waals surface area contributed by atoms with Crippen LogP contribution in [-0.4, -0.2) is 43.2 Å². The van der Waals surface area contributed by atoms with Crippen LogP contribution in [0.2, 0.25) is 0 Å². The third kappa shape index (κ3) is 3.09. The summed E-state index contributed by atoms with van der Waals surface area (Å²) in [5.74, 6) is 0.789. The maximum atomic E-state index is 5.48. The first-order valence-corrected chi connectivity index (χ1v) is 7.67. The number of aromatic nitrogens is 6. The maximum Gasteiger partial charge on any atom is 0.139 e. The van der Waals surface area contributed by atoms with Crippen molar-refractivity contribution in [1.82, 2.24) is 29.9 Å². The summed E-state index contributed by atoms with van der Waals surface area (Å²) in [5, 5.41) is 16.6. The van der Waals surface area contributed by atoms with Crippen LogP contribution in [0, 0.1) is 0 Å². The minimum atomic E-state index is 0.550. The lowest BCUT2D eigenvalue weighted by molar-refractivity contribution is 0.407. The van der Waals surface area contributed by atoms with Crippen molar-refractivity contribution < 1.29 is 4.74 Å². The maximum absolute atomic E-state index is 5.48. The van der Waals surface area contributed by atoms with Gasteiger partial charge < -0.3 is 4.74 Å². The minimum absolute atomic E-state index is 0.550. The van der Waals surface area contributed by atoms with Crippen LogP contribution in [0.1, 0.15) is 11.1 Å². The first-order valence-electron chi connectivity index (χ1n) is 7.67. The molecule has 4 rings (SSSR count). The molecule has 8 heteroatoms. The second-order valence-electron chi connectivity index (χ2n) is 5.37. The van der Waals surface area contributed by atoms with E-state index in [-0.39, 0.29) is 0 Å². The van der Waals surface area contributed by atoms with Crippen molar-refractivity contribution in [3.63, 3.8) is 0 Å². The Labute approximate surface area is 143 Å². The zero-order valence-corrected chi connectivity index (χ0v) is 13.5. The average molecular weight is 333 g/mol. The fourth-order valence-corrected chi connectivity index (χ4v) is 2.59. The van der Waals surface area contributed by atoms with Crippen LogP contribution >= 0.6 is 0 Å². The molecule has 0 saturated carbocycles. The molecule has 0 atom stereocenters. The second-order valence-corrected chi connectivity index (χ2v) is 5.37. The Morgan fingerprint density at radius 2 is 2.12 bits per heavy atom. The Morgan fingerprint density at radius 3 is 2.96 bits per heavy atom. The largest absolute Gasteiger partial charge is 0.496 e. The van der Waals surface area contributed by atoms with Crippen molar-refractivity contribution in [3.8, 4) is 5.75 Å². The van der Waals surface area contributed by atoms with Gasteiger partial charge in [-0.25, -0.2) is 9.67 Å². The molecule has 4 aromatic rings. The molecule has 0 bridgehead atoms. The Kier molecular flexibility index (Phi) is 3.91. The fourth-order valence-electron chi connectivity index (χ4n) is 2.59. The molecule has 0 aliphatic carbocycles. The smallest absolute Gasteiger partial charge is 0.139 e. The topological polar surface area (TPSA) is 83.0 Å². The lowest BCUT2D eigenvalue weighted by Gasteiger charge is -2.10. The lowest BCUT2D eigenvalue weighted by atomic mass is 10.1. The molecular formula is C17H15N7O. The molecule has 0 saturated heterocycles. The molecular weight excluding hydrogens is 318 g/mol. The summed E-state index contributed by atoms with van der Waals surface area (Å²) in [6.45, 7) is 0.550. The van der Waals surface area contributed by atoms with Gasteiger partial charge in [-0.2, -0.15) is 5.10 Å². The Morgan fingerprint density at radius 1 is 1.20 bits per heavy atom. The van der Waals surface area contributed by atoms with Gasteiger partial charge in [-0.3, -0.25) is 0 Å². The number of benzene rings is 2. The summed E-state index contributed by atoms with van der Waals surface area (Å²) in [6, 6.07) is 13.7. The minimum Gasteiger partial charge on any atom is -0.496 e. The third-order valence-electron chi connectivity index (χ3n) is 3.78. The molecule has 0 radical (unpaired) electrons. The average Bonchev–Trinajstić information content (AvgIpc) is 3.30. The molecule has 0 amide bonds. The van der Waals surface area contributed by atoms with Crippen LogP contribution in [0.4, 0.5) is 0 Å². The van der Waals surface area contributed by atoms with Gasteiger partial charge in [-0.1, -0.05) is 17.3 Å². The molecule has 0 spiro atoms. The molecule has 8 nitrogen and oxygen atoms in total. The van der Waals surface area contributed by atoms with E-state index in [0.29, 0.717) is 6.54 Å². The van der Waals surface area contributed by atoms with Crippen LogP contribution in [-0.2, 0) is 6.54 Å². The molecule has 0 unspecified atom stereocenters. The first-order chi connectivity index (χ1) is 12.3. The van der Waals surface area contributed by atoms with Gasteiger partial charge in [0.2, 0.25) is 0 Å². The van der Waals surface area contributed by atoms with Gasteiger partial charge >= 0.3 is 0 Å². The monoisotopic (exact) mass is 333 g/mol.